The summed E-state index contributed by atoms with van der Waals surface area (Å²) in [7, 11) is 2.77. The Morgan fingerprint density at radius 2 is 1.20 bits per heavy atom. The third-order valence-electron chi connectivity index (χ3n) is 10.2. The lowest BCUT2D eigenvalue weighted by Gasteiger charge is -2.44. The van der Waals surface area contributed by atoms with Crippen LogP contribution in [0.5, 0.6) is 17.2 Å². The number of anilines is 2. The molecule has 3 aromatic rings. The van der Waals surface area contributed by atoms with Gasteiger partial charge in [0.1, 0.15) is 17.2 Å². The van der Waals surface area contributed by atoms with E-state index in [0.29, 0.717) is 11.1 Å². The molecule has 6 atom stereocenters. The first-order valence-electron chi connectivity index (χ1n) is 15.5. The highest BCUT2D eigenvalue weighted by Crippen LogP contribution is 2.61. The number of hydrogen-bond donors (Lipinski definition) is 3. The molecule has 4 amide bonds. The maximum absolute atomic E-state index is 14.4. The summed E-state index contributed by atoms with van der Waals surface area (Å²) in [5, 5.41) is 29.6. The number of fused-ring (bicyclic) bond motifs is 4. The van der Waals surface area contributed by atoms with Gasteiger partial charge in [0.2, 0.25) is 23.6 Å². The number of hydrogen-bond acceptors (Lipinski definition) is 9. The molecule has 0 unspecified atom stereocenters. The van der Waals surface area contributed by atoms with Crippen molar-refractivity contribution in [2.45, 2.75) is 18.8 Å². The monoisotopic (exact) mass is 666 g/mol. The number of carbonyl (C=O) groups is 6. The number of allylic oxidation sites excluding steroid dienone is 2. The minimum Gasteiger partial charge on any atom is -0.508 e. The van der Waals surface area contributed by atoms with Gasteiger partial charge < -0.3 is 24.8 Å². The van der Waals surface area contributed by atoms with E-state index in [0.717, 1.165) is 9.80 Å². The van der Waals surface area contributed by atoms with Crippen molar-refractivity contribution in [1.29, 1.82) is 0 Å². The number of phenols is 1. The van der Waals surface area contributed by atoms with Gasteiger partial charge >= 0.3 is 11.9 Å². The second-order valence-corrected chi connectivity index (χ2v) is 12.5. The molecule has 7 rings (SSSR count). The molecule has 3 N–H and O–H groups in total. The van der Waals surface area contributed by atoms with Crippen molar-refractivity contribution in [3.8, 4) is 17.2 Å². The molecule has 2 aliphatic carbocycles. The van der Waals surface area contributed by atoms with Crippen molar-refractivity contribution in [3.63, 3.8) is 0 Å². The summed E-state index contributed by atoms with van der Waals surface area (Å²) in [6, 6.07) is 13.8. The van der Waals surface area contributed by atoms with Gasteiger partial charge in [-0.25, -0.2) is 9.59 Å². The molecule has 0 aromatic heterocycles. The molecule has 2 heterocycles. The number of imide groups is 2. The van der Waals surface area contributed by atoms with Crippen LogP contribution in [0.15, 0.2) is 72.3 Å². The van der Waals surface area contributed by atoms with Gasteiger partial charge in [0.05, 0.1) is 60.4 Å². The summed E-state index contributed by atoms with van der Waals surface area (Å²) in [5.41, 5.74) is 0.995. The SMILES string of the molecule is COc1cc(O)cc(OC)c1[C@H]1C2=CC[C@@H]3C(=O)N(c4cccc(C(=O)O)c4)C(=O)[C@@H]3[C@@H]2C[C@H]2C(=O)N(c3cccc(C(=O)O)c3)C(=O)[C@@H]12. The molecule has 49 heavy (non-hydrogen) atoms. The average molecular weight is 667 g/mol. The van der Waals surface area contributed by atoms with Crippen molar-refractivity contribution in [1.82, 2.24) is 0 Å². The molecule has 2 saturated heterocycles. The first-order valence-corrected chi connectivity index (χ1v) is 15.5. The summed E-state index contributed by atoms with van der Waals surface area (Å²) < 4.78 is 11.4. The molecule has 3 fully saturated rings. The average Bonchev–Trinajstić information content (AvgIpc) is 3.50. The van der Waals surface area contributed by atoms with Crippen molar-refractivity contribution in [2.75, 3.05) is 24.0 Å². The van der Waals surface area contributed by atoms with Crippen LogP contribution in [0.1, 0.15) is 45.0 Å². The molecular weight excluding hydrogens is 636 g/mol. The molecule has 13 nitrogen and oxygen atoms in total. The Hall–Kier alpha value is -5.98. The number of benzene rings is 3. The van der Waals surface area contributed by atoms with E-state index >= 15 is 0 Å². The van der Waals surface area contributed by atoms with Gasteiger partial charge in [-0.15, -0.1) is 0 Å². The zero-order valence-electron chi connectivity index (χ0n) is 26.2. The van der Waals surface area contributed by atoms with Crippen molar-refractivity contribution >= 4 is 46.9 Å². The normalized spacial score (nSPS) is 25.8. The Bertz CT molecular complexity index is 1990. The lowest BCUT2D eigenvalue weighted by Crippen LogP contribution is -2.43. The van der Waals surface area contributed by atoms with Crippen LogP contribution in [-0.2, 0) is 19.2 Å². The van der Waals surface area contributed by atoms with Crippen LogP contribution in [0.25, 0.3) is 0 Å². The van der Waals surface area contributed by atoms with E-state index < -0.39 is 71.1 Å². The number of carboxylic acid groups (broad SMARTS) is 2. The van der Waals surface area contributed by atoms with Crippen molar-refractivity contribution in [2.24, 2.45) is 29.6 Å². The van der Waals surface area contributed by atoms with Gasteiger partial charge in [-0.2, -0.15) is 0 Å². The summed E-state index contributed by atoms with van der Waals surface area (Å²) in [4.78, 5) is 82.3. The van der Waals surface area contributed by atoms with Crippen LogP contribution in [-0.4, -0.2) is 65.1 Å². The lowest BCUT2D eigenvalue weighted by molar-refractivity contribution is -0.126. The number of nitrogens with zero attached hydrogens (tertiary/aromatic N) is 2. The van der Waals surface area contributed by atoms with E-state index in [4.69, 9.17) is 9.47 Å². The van der Waals surface area contributed by atoms with Crippen LogP contribution in [0.4, 0.5) is 11.4 Å². The summed E-state index contributed by atoms with van der Waals surface area (Å²) in [6.07, 6.45) is 2.00. The molecule has 2 aliphatic heterocycles. The Labute approximate surface area is 279 Å². The molecule has 0 bridgehead atoms. The fourth-order valence-electron chi connectivity index (χ4n) is 8.21. The third kappa shape index (κ3) is 4.75. The fraction of sp³-hybridized carbons (Fsp3) is 0.278. The third-order valence-corrected chi connectivity index (χ3v) is 10.2. The van der Waals surface area contributed by atoms with E-state index in [1.165, 1.54) is 74.9 Å². The Morgan fingerprint density at radius 3 is 1.71 bits per heavy atom. The second-order valence-electron chi connectivity index (χ2n) is 12.5. The van der Waals surface area contributed by atoms with Gasteiger partial charge in [0.15, 0.2) is 0 Å². The maximum Gasteiger partial charge on any atom is 0.335 e. The summed E-state index contributed by atoms with van der Waals surface area (Å²) >= 11 is 0. The van der Waals surface area contributed by atoms with Crippen LogP contribution < -0.4 is 19.3 Å². The predicted molar refractivity (Wildman–Crippen MR) is 171 cm³/mol. The van der Waals surface area contributed by atoms with Gasteiger partial charge in [-0.05, 0) is 55.2 Å². The van der Waals surface area contributed by atoms with E-state index in [-0.39, 0.29) is 52.6 Å². The van der Waals surface area contributed by atoms with Gasteiger partial charge in [-0.3, -0.25) is 29.0 Å². The summed E-state index contributed by atoms with van der Waals surface area (Å²) in [5.74, 6) is -9.80. The van der Waals surface area contributed by atoms with E-state index in [9.17, 15) is 44.1 Å². The standard InChI is InChI=1S/C36H30N2O11/c1-48-25-13-20(39)14-26(49-2)30(25)28-21-9-10-22-27(33(42)37(31(22)40)18-7-3-5-16(11-18)35(44)45)23(21)15-24-29(28)34(43)38(32(24)41)19-8-4-6-17(12-19)36(46)47/h3-9,11-14,22-24,27-29,39H,10,15H2,1-2H3,(H,44,45)(H,46,47)/t22-,23+,24+,27-,28-,29+/m0/s1. The minimum absolute atomic E-state index is 0.0403. The first-order chi connectivity index (χ1) is 23.5. The number of carbonyl (C=O) groups excluding carboxylic acids is 4. The topological polar surface area (TPSA) is 188 Å². The minimum atomic E-state index is -1.24. The number of phenolic OH excluding ortho intramolecular Hbond substituents is 1. The molecule has 13 heteroatoms. The van der Waals surface area contributed by atoms with E-state index in [1.54, 1.807) is 0 Å². The number of ether oxygens (including phenoxy) is 2. The van der Waals surface area contributed by atoms with Gasteiger partial charge in [0.25, 0.3) is 0 Å². The number of amides is 4. The molecule has 0 spiro atoms. The van der Waals surface area contributed by atoms with Crippen LogP contribution in [0, 0.1) is 29.6 Å². The van der Waals surface area contributed by atoms with Gasteiger partial charge in [0, 0.05) is 23.6 Å². The smallest absolute Gasteiger partial charge is 0.335 e. The van der Waals surface area contributed by atoms with Crippen LogP contribution in [0.2, 0.25) is 0 Å². The predicted octanol–water partition coefficient (Wildman–Crippen LogP) is 3.85. The number of aromatic carboxylic acids is 2. The zero-order valence-corrected chi connectivity index (χ0v) is 26.2. The van der Waals surface area contributed by atoms with Crippen molar-refractivity contribution in [3.05, 3.63) is 89.0 Å². The number of methoxy groups -OCH3 is 2. The number of carboxylic acids is 2. The Kier molecular flexibility index (Phi) is 7.49. The van der Waals surface area contributed by atoms with Crippen molar-refractivity contribution < 1.29 is 53.6 Å². The van der Waals surface area contributed by atoms with Crippen LogP contribution >= 0.6 is 0 Å². The highest BCUT2D eigenvalue weighted by Gasteiger charge is 2.63. The fourth-order valence-corrected chi connectivity index (χ4v) is 8.21. The lowest BCUT2D eigenvalue weighted by atomic mass is 9.57. The molecule has 250 valence electrons. The highest BCUT2D eigenvalue weighted by atomic mass is 16.5. The maximum atomic E-state index is 14.4. The summed E-state index contributed by atoms with van der Waals surface area (Å²) in [6.45, 7) is 0. The number of aromatic hydroxyl groups is 1. The molecule has 3 aromatic carbocycles. The van der Waals surface area contributed by atoms with E-state index in [1.807, 2.05) is 6.08 Å². The first kappa shape index (κ1) is 31.6. The van der Waals surface area contributed by atoms with Crippen LogP contribution in [0.3, 0.4) is 0 Å². The zero-order chi connectivity index (χ0) is 34.9. The van der Waals surface area contributed by atoms with Gasteiger partial charge in [-0.1, -0.05) is 23.8 Å². The highest BCUT2D eigenvalue weighted by molar-refractivity contribution is 6.24. The molecule has 0 radical (unpaired) electrons. The Balaban J connectivity index is 1.38. The molecular formula is C36H30N2O11. The molecule has 1 saturated carbocycles. The number of rotatable bonds is 7. The largest absolute Gasteiger partial charge is 0.508 e. The molecule has 4 aliphatic rings. The Morgan fingerprint density at radius 1 is 0.694 bits per heavy atom. The van der Waals surface area contributed by atoms with E-state index in [2.05, 4.69) is 0 Å². The second kappa shape index (κ2) is 11.6. The quantitative estimate of drug-likeness (QED) is 0.245.